The lowest BCUT2D eigenvalue weighted by Gasteiger charge is -2.38. The molecule has 4 rings (SSSR count). The Labute approximate surface area is 184 Å². The molecule has 1 aromatic rings. The molecule has 0 nitrogen and oxygen atoms in total. The SMILES string of the molecule is C=CC1CCC(c2ccc(C3CCC(C4CCC(CCC)CC4)CC3)c(F)c2)CC1. The van der Waals surface area contributed by atoms with Crippen molar-refractivity contribution in [1.82, 2.24) is 0 Å². The van der Waals surface area contributed by atoms with Crippen LogP contribution in [0.2, 0.25) is 0 Å². The summed E-state index contributed by atoms with van der Waals surface area (Å²) in [6, 6.07) is 6.28. The average molecular weight is 411 g/mol. The zero-order chi connectivity index (χ0) is 20.9. The summed E-state index contributed by atoms with van der Waals surface area (Å²) in [5.74, 6) is 4.60. The second-order valence-electron chi connectivity index (χ2n) is 10.8. The van der Waals surface area contributed by atoms with Gasteiger partial charge in [-0.1, -0.05) is 50.8 Å². The summed E-state index contributed by atoms with van der Waals surface area (Å²) < 4.78 is 15.1. The molecule has 3 aliphatic rings. The maximum atomic E-state index is 15.1. The highest BCUT2D eigenvalue weighted by Crippen LogP contribution is 2.45. The van der Waals surface area contributed by atoms with Gasteiger partial charge in [-0.3, -0.25) is 0 Å². The fraction of sp³-hybridized carbons (Fsp3) is 0.724. The molecule has 3 fully saturated rings. The van der Waals surface area contributed by atoms with Gasteiger partial charge in [0.05, 0.1) is 0 Å². The van der Waals surface area contributed by atoms with Crippen molar-refractivity contribution in [2.45, 2.75) is 109 Å². The maximum absolute atomic E-state index is 15.1. The summed E-state index contributed by atoms with van der Waals surface area (Å²) >= 11 is 0. The monoisotopic (exact) mass is 410 g/mol. The molecule has 0 bridgehead atoms. The van der Waals surface area contributed by atoms with Crippen molar-refractivity contribution in [2.75, 3.05) is 0 Å². The van der Waals surface area contributed by atoms with E-state index in [1.807, 2.05) is 6.07 Å². The fourth-order valence-electron chi connectivity index (χ4n) is 7.07. The molecular formula is C29H43F. The molecule has 1 heteroatoms. The average Bonchev–Trinajstić information content (AvgIpc) is 2.80. The fourth-order valence-corrected chi connectivity index (χ4v) is 7.07. The molecular weight excluding hydrogens is 367 g/mol. The number of allylic oxidation sites excluding steroid dienone is 1. The minimum Gasteiger partial charge on any atom is -0.207 e. The zero-order valence-corrected chi connectivity index (χ0v) is 19.3. The normalized spacial score (nSPS) is 35.1. The maximum Gasteiger partial charge on any atom is 0.126 e. The van der Waals surface area contributed by atoms with Crippen LogP contribution in [-0.4, -0.2) is 0 Å². The van der Waals surface area contributed by atoms with Gasteiger partial charge >= 0.3 is 0 Å². The van der Waals surface area contributed by atoms with E-state index >= 15 is 4.39 Å². The van der Waals surface area contributed by atoms with Gasteiger partial charge in [-0.05, 0) is 117 Å². The largest absolute Gasteiger partial charge is 0.207 e. The van der Waals surface area contributed by atoms with Gasteiger partial charge in [0, 0.05) is 0 Å². The molecule has 0 atom stereocenters. The van der Waals surface area contributed by atoms with Gasteiger partial charge < -0.3 is 0 Å². The van der Waals surface area contributed by atoms with Crippen LogP contribution in [0, 0.1) is 29.5 Å². The standard InChI is InChI=1S/C29H43F/c1-3-5-22-8-12-23(13-9-22)24-14-16-26(17-15-24)28-19-18-27(20-29(28)30)25-10-6-21(4-2)7-11-25/h4,18-26H,2-3,5-17H2,1H3. The van der Waals surface area contributed by atoms with E-state index in [1.54, 1.807) is 0 Å². The van der Waals surface area contributed by atoms with Gasteiger partial charge in [-0.25, -0.2) is 4.39 Å². The lowest BCUT2D eigenvalue weighted by Crippen LogP contribution is -2.25. The van der Waals surface area contributed by atoms with Crippen molar-refractivity contribution in [3.63, 3.8) is 0 Å². The van der Waals surface area contributed by atoms with E-state index in [0.29, 0.717) is 17.8 Å². The molecule has 0 aliphatic heterocycles. The zero-order valence-electron chi connectivity index (χ0n) is 19.3. The second kappa shape index (κ2) is 10.5. The van der Waals surface area contributed by atoms with Crippen LogP contribution in [0.15, 0.2) is 30.9 Å². The molecule has 0 unspecified atom stereocenters. The minimum atomic E-state index is 0.0712. The van der Waals surface area contributed by atoms with E-state index in [1.165, 1.54) is 95.5 Å². The van der Waals surface area contributed by atoms with Gasteiger partial charge in [0.15, 0.2) is 0 Å². The molecule has 0 amide bonds. The highest BCUT2D eigenvalue weighted by atomic mass is 19.1. The number of rotatable bonds is 6. The molecule has 0 radical (unpaired) electrons. The molecule has 0 saturated heterocycles. The third-order valence-electron chi connectivity index (χ3n) is 9.07. The van der Waals surface area contributed by atoms with Crippen molar-refractivity contribution >= 4 is 0 Å². The first kappa shape index (κ1) is 22.1. The molecule has 3 saturated carbocycles. The van der Waals surface area contributed by atoms with Crippen LogP contribution in [0.1, 0.15) is 120 Å². The Morgan fingerprint density at radius 3 is 2.00 bits per heavy atom. The van der Waals surface area contributed by atoms with Crippen LogP contribution in [0.5, 0.6) is 0 Å². The van der Waals surface area contributed by atoms with E-state index < -0.39 is 0 Å². The molecule has 0 aromatic heterocycles. The van der Waals surface area contributed by atoms with Crippen LogP contribution < -0.4 is 0 Å². The van der Waals surface area contributed by atoms with E-state index in [0.717, 1.165) is 23.3 Å². The molecule has 1 aromatic carbocycles. The first-order valence-corrected chi connectivity index (χ1v) is 13.1. The number of benzene rings is 1. The van der Waals surface area contributed by atoms with Crippen molar-refractivity contribution < 1.29 is 4.39 Å². The molecule has 0 heterocycles. The van der Waals surface area contributed by atoms with E-state index in [4.69, 9.17) is 0 Å². The number of hydrogen-bond donors (Lipinski definition) is 0. The molecule has 0 N–H and O–H groups in total. The molecule has 166 valence electrons. The Morgan fingerprint density at radius 2 is 1.43 bits per heavy atom. The first-order valence-electron chi connectivity index (χ1n) is 13.1. The van der Waals surface area contributed by atoms with Crippen molar-refractivity contribution in [3.05, 3.63) is 47.8 Å². The van der Waals surface area contributed by atoms with Crippen LogP contribution in [-0.2, 0) is 0 Å². The Balaban J connectivity index is 1.29. The lowest BCUT2D eigenvalue weighted by atomic mass is 9.68. The third kappa shape index (κ3) is 5.20. The van der Waals surface area contributed by atoms with Crippen LogP contribution >= 0.6 is 0 Å². The van der Waals surface area contributed by atoms with Crippen molar-refractivity contribution in [1.29, 1.82) is 0 Å². The first-order chi connectivity index (χ1) is 14.7. The molecule has 0 spiro atoms. The van der Waals surface area contributed by atoms with Gasteiger partial charge in [0.25, 0.3) is 0 Å². The van der Waals surface area contributed by atoms with Crippen LogP contribution in [0.25, 0.3) is 0 Å². The molecule has 3 aliphatic carbocycles. The highest BCUT2D eigenvalue weighted by molar-refractivity contribution is 5.30. The van der Waals surface area contributed by atoms with Crippen molar-refractivity contribution in [2.24, 2.45) is 23.7 Å². The Bertz CT molecular complexity index is 668. The lowest BCUT2D eigenvalue weighted by molar-refractivity contribution is 0.156. The Morgan fingerprint density at radius 1 is 0.833 bits per heavy atom. The molecule has 30 heavy (non-hydrogen) atoms. The van der Waals surface area contributed by atoms with Crippen molar-refractivity contribution in [3.8, 4) is 0 Å². The number of hydrogen-bond acceptors (Lipinski definition) is 0. The summed E-state index contributed by atoms with van der Waals surface area (Å²) in [7, 11) is 0. The second-order valence-corrected chi connectivity index (χ2v) is 10.8. The van der Waals surface area contributed by atoms with Crippen LogP contribution in [0.3, 0.4) is 0 Å². The highest BCUT2D eigenvalue weighted by Gasteiger charge is 2.32. The van der Waals surface area contributed by atoms with Gasteiger partial charge in [0.1, 0.15) is 5.82 Å². The number of halogens is 1. The van der Waals surface area contributed by atoms with E-state index in [2.05, 4.69) is 31.7 Å². The Hall–Kier alpha value is -1.11. The van der Waals surface area contributed by atoms with Gasteiger partial charge in [-0.2, -0.15) is 0 Å². The predicted octanol–water partition coefficient (Wildman–Crippen LogP) is 9.17. The summed E-state index contributed by atoms with van der Waals surface area (Å²) in [6.07, 6.45) is 20.5. The minimum absolute atomic E-state index is 0.0712. The van der Waals surface area contributed by atoms with E-state index in [9.17, 15) is 0 Å². The summed E-state index contributed by atoms with van der Waals surface area (Å²) in [5, 5.41) is 0. The predicted molar refractivity (Wildman–Crippen MR) is 126 cm³/mol. The van der Waals surface area contributed by atoms with E-state index in [-0.39, 0.29) is 5.82 Å². The smallest absolute Gasteiger partial charge is 0.126 e. The Kier molecular flexibility index (Phi) is 7.71. The van der Waals surface area contributed by atoms with Gasteiger partial charge in [0.2, 0.25) is 0 Å². The third-order valence-corrected chi connectivity index (χ3v) is 9.07. The van der Waals surface area contributed by atoms with Gasteiger partial charge in [-0.15, -0.1) is 6.58 Å². The summed E-state index contributed by atoms with van der Waals surface area (Å²) in [6.45, 7) is 6.27. The summed E-state index contributed by atoms with van der Waals surface area (Å²) in [4.78, 5) is 0. The topological polar surface area (TPSA) is 0 Å². The quantitative estimate of drug-likeness (QED) is 0.410. The summed E-state index contributed by atoms with van der Waals surface area (Å²) in [5.41, 5.74) is 2.24. The van der Waals surface area contributed by atoms with Crippen LogP contribution in [0.4, 0.5) is 4.39 Å².